The summed E-state index contributed by atoms with van der Waals surface area (Å²) in [5, 5.41) is 3.30. The lowest BCUT2D eigenvalue weighted by molar-refractivity contribution is -0.0511. The summed E-state index contributed by atoms with van der Waals surface area (Å²) in [6.07, 6.45) is 2.31. The van der Waals surface area contributed by atoms with Crippen LogP contribution in [0, 0.1) is 5.92 Å². The summed E-state index contributed by atoms with van der Waals surface area (Å²) < 4.78 is 34.3. The van der Waals surface area contributed by atoms with Crippen molar-refractivity contribution in [3.05, 3.63) is 18.2 Å². The maximum absolute atomic E-state index is 12.4. The third kappa shape index (κ3) is 4.74. The van der Waals surface area contributed by atoms with Crippen molar-refractivity contribution < 1.29 is 18.3 Å². The molecule has 0 spiro atoms. The molecule has 1 N–H and O–H groups in total. The quantitative estimate of drug-likeness (QED) is 0.875. The minimum Gasteiger partial charge on any atom is -0.493 e. The Labute approximate surface area is 124 Å². The topological polar surface area (TPSA) is 33.7 Å². The van der Waals surface area contributed by atoms with Gasteiger partial charge in [0, 0.05) is 18.3 Å². The standard InChI is InChI=1S/C15H22F2N2O2/c1-19-7-5-11(6-8-19)10-18-12-3-4-13(20-2)14(9-12)21-15(16)17/h3-4,9,11,15,18H,5-8,10H2,1-2H3. The average molecular weight is 300 g/mol. The van der Waals surface area contributed by atoms with E-state index in [2.05, 4.69) is 22.0 Å². The molecule has 1 heterocycles. The van der Waals surface area contributed by atoms with E-state index in [1.54, 1.807) is 12.1 Å². The van der Waals surface area contributed by atoms with Crippen LogP contribution in [0.5, 0.6) is 11.5 Å². The van der Waals surface area contributed by atoms with Crippen LogP contribution in [-0.2, 0) is 0 Å². The number of benzene rings is 1. The van der Waals surface area contributed by atoms with Crippen molar-refractivity contribution in [1.29, 1.82) is 0 Å². The fraction of sp³-hybridized carbons (Fsp3) is 0.600. The van der Waals surface area contributed by atoms with Gasteiger partial charge >= 0.3 is 6.61 Å². The predicted octanol–water partition coefficient (Wildman–Crippen LogP) is 3.05. The van der Waals surface area contributed by atoms with Crippen LogP contribution < -0.4 is 14.8 Å². The summed E-state index contributed by atoms with van der Waals surface area (Å²) in [7, 11) is 3.56. The second kappa shape index (κ2) is 7.45. The van der Waals surface area contributed by atoms with Crippen LogP contribution in [0.1, 0.15) is 12.8 Å². The van der Waals surface area contributed by atoms with E-state index < -0.39 is 6.61 Å². The van der Waals surface area contributed by atoms with E-state index in [-0.39, 0.29) is 5.75 Å². The second-order valence-electron chi connectivity index (χ2n) is 5.37. The molecule has 0 atom stereocenters. The highest BCUT2D eigenvalue weighted by Gasteiger charge is 2.17. The highest BCUT2D eigenvalue weighted by molar-refractivity contribution is 5.54. The molecule has 0 unspecified atom stereocenters. The number of halogens is 2. The largest absolute Gasteiger partial charge is 0.493 e. The van der Waals surface area contributed by atoms with Crippen molar-refractivity contribution in [2.75, 3.05) is 39.1 Å². The third-order valence-electron chi connectivity index (χ3n) is 3.81. The van der Waals surface area contributed by atoms with Gasteiger partial charge in [0.1, 0.15) is 0 Å². The molecule has 0 saturated carbocycles. The van der Waals surface area contributed by atoms with E-state index in [4.69, 9.17) is 4.74 Å². The van der Waals surface area contributed by atoms with Gasteiger partial charge in [-0.1, -0.05) is 0 Å². The van der Waals surface area contributed by atoms with Crippen molar-refractivity contribution in [2.45, 2.75) is 19.5 Å². The minimum atomic E-state index is -2.86. The minimum absolute atomic E-state index is 0.0564. The summed E-state index contributed by atoms with van der Waals surface area (Å²) in [5.74, 6) is 0.976. The van der Waals surface area contributed by atoms with E-state index in [0.29, 0.717) is 11.7 Å². The van der Waals surface area contributed by atoms with Gasteiger partial charge in [-0.3, -0.25) is 0 Å². The number of rotatable bonds is 6. The number of alkyl halides is 2. The first-order chi connectivity index (χ1) is 10.1. The van der Waals surface area contributed by atoms with Crippen molar-refractivity contribution in [1.82, 2.24) is 4.90 Å². The molecule has 0 aliphatic carbocycles. The normalized spacial score (nSPS) is 17.0. The summed E-state index contributed by atoms with van der Waals surface area (Å²) in [6.45, 7) is 0.195. The van der Waals surface area contributed by atoms with Crippen LogP contribution in [0.3, 0.4) is 0 Å². The highest BCUT2D eigenvalue weighted by atomic mass is 19.3. The molecule has 1 saturated heterocycles. The first-order valence-corrected chi connectivity index (χ1v) is 7.13. The monoisotopic (exact) mass is 300 g/mol. The lowest BCUT2D eigenvalue weighted by atomic mass is 9.97. The molecule has 1 aromatic carbocycles. The Bertz CT molecular complexity index is 449. The Hall–Kier alpha value is -1.56. The van der Waals surface area contributed by atoms with Gasteiger partial charge < -0.3 is 19.7 Å². The molecule has 0 bridgehead atoms. The Morgan fingerprint density at radius 2 is 2.00 bits per heavy atom. The molecule has 118 valence electrons. The molecule has 1 aliphatic rings. The van der Waals surface area contributed by atoms with Gasteiger partial charge in [0.05, 0.1) is 7.11 Å². The number of ether oxygens (including phenoxy) is 2. The molecule has 0 radical (unpaired) electrons. The van der Waals surface area contributed by atoms with Crippen molar-refractivity contribution in [2.24, 2.45) is 5.92 Å². The average Bonchev–Trinajstić information content (AvgIpc) is 2.46. The van der Waals surface area contributed by atoms with Crippen LogP contribution >= 0.6 is 0 Å². The van der Waals surface area contributed by atoms with E-state index in [1.807, 2.05) is 6.07 Å². The summed E-state index contributed by atoms with van der Waals surface area (Å²) in [5.41, 5.74) is 0.769. The van der Waals surface area contributed by atoms with E-state index >= 15 is 0 Å². The molecule has 4 nitrogen and oxygen atoms in total. The van der Waals surface area contributed by atoms with Gasteiger partial charge in [0.2, 0.25) is 0 Å². The second-order valence-corrected chi connectivity index (χ2v) is 5.37. The molecule has 0 amide bonds. The fourth-order valence-corrected chi connectivity index (χ4v) is 2.50. The molecular formula is C15H22F2N2O2. The fourth-order valence-electron chi connectivity index (χ4n) is 2.50. The van der Waals surface area contributed by atoms with Crippen LogP contribution in [0.2, 0.25) is 0 Å². The predicted molar refractivity (Wildman–Crippen MR) is 78.3 cm³/mol. The summed E-state index contributed by atoms with van der Waals surface area (Å²) in [6, 6.07) is 5.00. The summed E-state index contributed by atoms with van der Waals surface area (Å²) in [4.78, 5) is 2.32. The number of hydrogen-bond donors (Lipinski definition) is 1. The maximum atomic E-state index is 12.4. The first-order valence-electron chi connectivity index (χ1n) is 7.13. The summed E-state index contributed by atoms with van der Waals surface area (Å²) >= 11 is 0. The van der Waals surface area contributed by atoms with Gasteiger partial charge in [-0.05, 0) is 51.0 Å². The number of methoxy groups -OCH3 is 1. The molecule has 1 aliphatic heterocycles. The van der Waals surface area contributed by atoms with Crippen LogP contribution in [0.25, 0.3) is 0 Å². The van der Waals surface area contributed by atoms with Crippen molar-refractivity contribution >= 4 is 5.69 Å². The zero-order valence-corrected chi connectivity index (χ0v) is 12.4. The molecule has 6 heteroatoms. The number of nitrogens with zero attached hydrogens (tertiary/aromatic N) is 1. The van der Waals surface area contributed by atoms with E-state index in [0.717, 1.165) is 38.2 Å². The Morgan fingerprint density at radius 1 is 1.29 bits per heavy atom. The van der Waals surface area contributed by atoms with Crippen LogP contribution in [-0.4, -0.2) is 45.3 Å². The maximum Gasteiger partial charge on any atom is 0.387 e. The van der Waals surface area contributed by atoms with Crippen LogP contribution in [0.4, 0.5) is 14.5 Å². The van der Waals surface area contributed by atoms with Gasteiger partial charge in [-0.15, -0.1) is 0 Å². The SMILES string of the molecule is COc1ccc(NCC2CCN(C)CC2)cc1OC(F)F. The highest BCUT2D eigenvalue weighted by Crippen LogP contribution is 2.31. The van der Waals surface area contributed by atoms with Gasteiger partial charge in [-0.2, -0.15) is 8.78 Å². The van der Waals surface area contributed by atoms with E-state index in [9.17, 15) is 8.78 Å². The molecule has 1 aromatic rings. The van der Waals surface area contributed by atoms with Gasteiger partial charge in [-0.25, -0.2) is 0 Å². The van der Waals surface area contributed by atoms with Gasteiger partial charge in [0.15, 0.2) is 11.5 Å². The van der Waals surface area contributed by atoms with Crippen molar-refractivity contribution in [3.63, 3.8) is 0 Å². The Kier molecular flexibility index (Phi) is 5.61. The number of anilines is 1. The first kappa shape index (κ1) is 15.8. The number of piperidine rings is 1. The van der Waals surface area contributed by atoms with Gasteiger partial charge in [0.25, 0.3) is 0 Å². The molecule has 21 heavy (non-hydrogen) atoms. The number of hydrogen-bond acceptors (Lipinski definition) is 4. The molecule has 0 aromatic heterocycles. The zero-order valence-electron chi connectivity index (χ0n) is 12.4. The number of likely N-dealkylation sites (tertiary alicyclic amines) is 1. The Morgan fingerprint density at radius 3 is 2.62 bits per heavy atom. The lowest BCUT2D eigenvalue weighted by Gasteiger charge is -2.29. The zero-order chi connectivity index (χ0) is 15.2. The van der Waals surface area contributed by atoms with Crippen molar-refractivity contribution in [3.8, 4) is 11.5 Å². The molecular weight excluding hydrogens is 278 g/mol. The Balaban J connectivity index is 1.93. The smallest absolute Gasteiger partial charge is 0.387 e. The lowest BCUT2D eigenvalue weighted by Crippen LogP contribution is -2.32. The molecule has 2 rings (SSSR count). The number of nitrogens with one attached hydrogen (secondary N) is 1. The molecule has 1 fully saturated rings. The third-order valence-corrected chi connectivity index (χ3v) is 3.81. The van der Waals surface area contributed by atoms with Crippen LogP contribution in [0.15, 0.2) is 18.2 Å². The van der Waals surface area contributed by atoms with E-state index in [1.165, 1.54) is 7.11 Å².